The largest absolute Gasteiger partial charge is 0.487 e. The molecule has 330 valence electrons. The summed E-state index contributed by atoms with van der Waals surface area (Å²) in [6.07, 6.45) is 0.576. The Kier molecular flexibility index (Phi) is 14.1. The third-order valence-corrected chi connectivity index (χ3v) is 15.9. The molecular formula is C46H62FN5O8Si. The molecule has 0 radical (unpaired) electrons. The van der Waals surface area contributed by atoms with Crippen molar-refractivity contribution in [1.29, 1.82) is 0 Å². The van der Waals surface area contributed by atoms with E-state index in [1.54, 1.807) is 58.2 Å². The van der Waals surface area contributed by atoms with Gasteiger partial charge >= 0.3 is 12.2 Å². The van der Waals surface area contributed by atoms with E-state index in [1.165, 1.54) is 17.2 Å². The molecule has 0 spiro atoms. The summed E-state index contributed by atoms with van der Waals surface area (Å²) in [4.78, 5) is 46.2. The number of benzene rings is 3. The number of pyridine rings is 1. The van der Waals surface area contributed by atoms with Crippen LogP contribution in [0.2, 0.25) is 18.1 Å². The molecule has 1 saturated carbocycles. The highest BCUT2D eigenvalue weighted by molar-refractivity contribution is 6.74. The molecule has 1 fully saturated rings. The van der Waals surface area contributed by atoms with Crippen molar-refractivity contribution < 1.29 is 42.9 Å². The van der Waals surface area contributed by atoms with Crippen LogP contribution >= 0.6 is 0 Å². The Balaban J connectivity index is 1.47. The van der Waals surface area contributed by atoms with Gasteiger partial charge in [-0.05, 0) is 117 Å². The number of aliphatic hydroxyl groups is 1. The van der Waals surface area contributed by atoms with Crippen LogP contribution in [0.3, 0.4) is 0 Å². The van der Waals surface area contributed by atoms with E-state index in [4.69, 9.17) is 19.6 Å². The molecule has 0 saturated heterocycles. The Bertz CT molecular complexity index is 2250. The van der Waals surface area contributed by atoms with Crippen molar-refractivity contribution in [3.63, 3.8) is 0 Å². The maximum absolute atomic E-state index is 15.8. The SMILES string of the molecule is Cc1cc(C(Nc2ccc3c(N(C(=O)O)C(=O)OC(C)(C)C)nccc3c2)C(=O)N(C)Cc2cc(N)cc(F)c2OC[C@@H](O[Si](C)(C)C(C)(C)C)C2CC2)ccc1[C@@H](C)CO. The second-order valence-electron chi connectivity index (χ2n) is 18.7. The number of nitrogens with two attached hydrogens (primary N) is 1. The number of amides is 3. The highest BCUT2D eigenvalue weighted by atomic mass is 28.4. The molecule has 61 heavy (non-hydrogen) atoms. The van der Waals surface area contributed by atoms with Crippen molar-refractivity contribution in [2.45, 2.75) is 117 Å². The Morgan fingerprint density at radius 2 is 1.72 bits per heavy atom. The molecule has 1 aromatic heterocycles. The molecule has 1 aliphatic rings. The van der Waals surface area contributed by atoms with Gasteiger partial charge in [0.15, 0.2) is 25.7 Å². The smallest absolute Gasteiger partial charge is 0.425 e. The molecule has 1 aliphatic carbocycles. The Morgan fingerprint density at radius 3 is 2.31 bits per heavy atom. The molecule has 1 unspecified atom stereocenters. The van der Waals surface area contributed by atoms with Crippen molar-refractivity contribution in [1.82, 2.24) is 9.88 Å². The van der Waals surface area contributed by atoms with Crippen LogP contribution in [-0.4, -0.2) is 78.5 Å². The number of anilines is 3. The number of carbonyl (C=O) groups excluding carboxylic acids is 2. The Labute approximate surface area is 359 Å². The van der Waals surface area contributed by atoms with Gasteiger partial charge in [-0.2, -0.15) is 4.90 Å². The average Bonchev–Trinajstić information content (AvgIpc) is 4.00. The Morgan fingerprint density at radius 1 is 1.03 bits per heavy atom. The van der Waals surface area contributed by atoms with E-state index in [1.807, 2.05) is 32.0 Å². The molecule has 5 N–H and O–H groups in total. The van der Waals surface area contributed by atoms with Crippen LogP contribution in [0.4, 0.5) is 31.2 Å². The molecule has 3 amide bonds. The van der Waals surface area contributed by atoms with Crippen LogP contribution < -0.4 is 20.7 Å². The van der Waals surface area contributed by atoms with Gasteiger partial charge in [0.2, 0.25) is 5.91 Å². The minimum absolute atomic E-state index is 0.0155. The average molecular weight is 860 g/mol. The number of carbonyl (C=O) groups is 3. The van der Waals surface area contributed by atoms with Crippen LogP contribution in [-0.2, 0) is 20.5 Å². The molecular weight excluding hydrogens is 798 g/mol. The number of aliphatic hydroxyl groups excluding tert-OH is 1. The van der Waals surface area contributed by atoms with Gasteiger partial charge in [-0.15, -0.1) is 0 Å². The second-order valence-corrected chi connectivity index (χ2v) is 23.5. The van der Waals surface area contributed by atoms with Crippen molar-refractivity contribution in [3.05, 3.63) is 88.9 Å². The van der Waals surface area contributed by atoms with E-state index in [0.717, 1.165) is 24.0 Å². The highest BCUT2D eigenvalue weighted by Gasteiger charge is 2.43. The number of aryl methyl sites for hydroxylation is 1. The fourth-order valence-corrected chi connectivity index (χ4v) is 8.31. The number of likely N-dealkylation sites (N-methyl/N-ethyl adjacent to an activating group) is 1. The molecule has 3 atom stereocenters. The lowest BCUT2D eigenvalue weighted by atomic mass is 9.93. The van der Waals surface area contributed by atoms with Crippen molar-refractivity contribution in [3.8, 4) is 5.75 Å². The number of hydrogen-bond donors (Lipinski definition) is 4. The summed E-state index contributed by atoms with van der Waals surface area (Å²) in [6, 6.07) is 14.2. The number of aromatic nitrogens is 1. The lowest BCUT2D eigenvalue weighted by Crippen LogP contribution is -2.46. The van der Waals surface area contributed by atoms with Crippen molar-refractivity contribution in [2.75, 3.05) is 36.2 Å². The number of imide groups is 1. The van der Waals surface area contributed by atoms with Gasteiger partial charge in [0.1, 0.15) is 18.2 Å². The number of hydrogen-bond acceptors (Lipinski definition) is 10. The number of rotatable bonds is 15. The van der Waals surface area contributed by atoms with Gasteiger partial charge in [0.05, 0.1) is 6.10 Å². The topological polar surface area (TPSA) is 177 Å². The van der Waals surface area contributed by atoms with Gasteiger partial charge in [-0.1, -0.05) is 45.9 Å². The van der Waals surface area contributed by atoms with Crippen LogP contribution in [0.15, 0.2) is 60.8 Å². The van der Waals surface area contributed by atoms with Gasteiger partial charge < -0.3 is 40.1 Å². The van der Waals surface area contributed by atoms with Gasteiger partial charge in [0.25, 0.3) is 0 Å². The van der Waals surface area contributed by atoms with Crippen molar-refractivity contribution in [2.24, 2.45) is 5.92 Å². The van der Waals surface area contributed by atoms with E-state index in [2.05, 4.69) is 44.2 Å². The first-order valence-corrected chi connectivity index (χ1v) is 23.6. The maximum Gasteiger partial charge on any atom is 0.425 e. The van der Waals surface area contributed by atoms with E-state index in [9.17, 15) is 24.6 Å². The molecule has 0 bridgehead atoms. The molecule has 0 aliphatic heterocycles. The van der Waals surface area contributed by atoms with Crippen LogP contribution in [0, 0.1) is 18.7 Å². The van der Waals surface area contributed by atoms with Gasteiger partial charge in [-0.25, -0.2) is 19.0 Å². The summed E-state index contributed by atoms with van der Waals surface area (Å²) in [5.74, 6) is -0.899. The van der Waals surface area contributed by atoms with Gasteiger partial charge in [-0.3, -0.25) is 4.79 Å². The monoisotopic (exact) mass is 859 g/mol. The molecule has 1 heterocycles. The summed E-state index contributed by atoms with van der Waals surface area (Å²) in [7, 11) is -0.529. The highest BCUT2D eigenvalue weighted by Crippen LogP contribution is 2.43. The third-order valence-electron chi connectivity index (χ3n) is 11.4. The summed E-state index contributed by atoms with van der Waals surface area (Å²) >= 11 is 0. The van der Waals surface area contributed by atoms with Crippen LogP contribution in [0.1, 0.15) is 95.5 Å². The predicted octanol–water partition coefficient (Wildman–Crippen LogP) is 9.77. The van der Waals surface area contributed by atoms with Crippen LogP contribution in [0.5, 0.6) is 5.75 Å². The Hall–Kier alpha value is -5.25. The first-order chi connectivity index (χ1) is 28.4. The fourth-order valence-electron chi connectivity index (χ4n) is 6.94. The number of nitrogens with one attached hydrogen (secondary N) is 1. The molecule has 3 aromatic carbocycles. The van der Waals surface area contributed by atoms with E-state index in [-0.39, 0.29) is 60.0 Å². The van der Waals surface area contributed by atoms with Crippen molar-refractivity contribution >= 4 is 54.4 Å². The summed E-state index contributed by atoms with van der Waals surface area (Å²) in [5, 5.41) is 24.2. The molecule has 15 heteroatoms. The normalized spacial score (nSPS) is 14.8. The zero-order valence-corrected chi connectivity index (χ0v) is 38.3. The predicted molar refractivity (Wildman–Crippen MR) is 239 cm³/mol. The summed E-state index contributed by atoms with van der Waals surface area (Å²) in [6.45, 7) is 19.7. The molecule has 13 nitrogen and oxygen atoms in total. The second kappa shape index (κ2) is 18.4. The minimum Gasteiger partial charge on any atom is -0.487 e. The first kappa shape index (κ1) is 46.8. The van der Waals surface area contributed by atoms with Gasteiger partial charge in [0, 0.05) is 60.7 Å². The number of nitrogen functional groups attached to an aromatic ring is 1. The maximum atomic E-state index is 15.8. The standard InChI is InChI=1S/C46H62FN5O8Si/c1-27-20-31(14-16-35(27)28(2)25-53)39(50-34-15-17-36-30(22-34)18-19-49-41(36)52(43(55)56)44(57)59-45(3,4)5)42(54)51(9)24-32-21-33(48)23-37(47)40(32)58-26-38(29-12-13-29)60-61(10,11)46(6,7)8/h14-23,28-29,38-39,50,53H,12-13,24-26,48H2,1-11H3,(H,55,56)/t28-,38+,39?/m0/s1. The first-order valence-electron chi connectivity index (χ1n) is 20.7. The number of ether oxygens (including phenoxy) is 2. The fraction of sp³-hybridized carbons (Fsp3) is 0.478. The van der Waals surface area contributed by atoms with E-state index < -0.39 is 38.0 Å². The van der Waals surface area contributed by atoms with Crippen LogP contribution in [0.25, 0.3) is 10.8 Å². The number of halogens is 1. The number of fused-ring (bicyclic) bond motifs is 1. The zero-order valence-electron chi connectivity index (χ0n) is 37.3. The third kappa shape index (κ3) is 11.4. The molecule has 4 aromatic rings. The minimum atomic E-state index is -2.15. The summed E-state index contributed by atoms with van der Waals surface area (Å²) in [5.41, 5.74) is 8.75. The van der Waals surface area contributed by atoms with E-state index in [0.29, 0.717) is 38.4 Å². The zero-order chi connectivity index (χ0) is 45.2. The number of carboxylic acid groups (broad SMARTS) is 1. The number of nitrogens with zero attached hydrogens (tertiary/aromatic N) is 3. The summed E-state index contributed by atoms with van der Waals surface area (Å²) < 4.78 is 34.2. The quantitative estimate of drug-likeness (QED) is 0.0661. The lowest BCUT2D eigenvalue weighted by molar-refractivity contribution is -0.131. The van der Waals surface area contributed by atoms with E-state index >= 15 is 4.39 Å². The molecule has 5 rings (SSSR count). The lowest BCUT2D eigenvalue weighted by Gasteiger charge is -2.39.